The zero-order valence-corrected chi connectivity index (χ0v) is 12.0. The van der Waals surface area contributed by atoms with E-state index in [-0.39, 0.29) is 0 Å². The summed E-state index contributed by atoms with van der Waals surface area (Å²) in [5, 5.41) is 0. The van der Waals surface area contributed by atoms with Crippen LogP contribution in [0.1, 0.15) is 11.1 Å². The monoisotopic (exact) mass is 280 g/mol. The molecule has 20 heavy (non-hydrogen) atoms. The third kappa shape index (κ3) is 2.89. The summed E-state index contributed by atoms with van der Waals surface area (Å²) in [4.78, 5) is 0. The summed E-state index contributed by atoms with van der Waals surface area (Å²) in [6.45, 7) is 1.64. The number of hydrogen-bond acceptors (Lipinski definition) is 1. The third-order valence-electron chi connectivity index (χ3n) is 3.31. The fourth-order valence-corrected chi connectivity index (χ4v) is 2.51. The van der Waals surface area contributed by atoms with E-state index in [2.05, 4.69) is 70.1 Å². The van der Waals surface area contributed by atoms with E-state index in [1.54, 1.807) is 0 Å². The zero-order valence-electron chi connectivity index (χ0n) is 11.1. The number of aromatic nitrogens is 2. The Hall–Kier alpha value is -2.13. The van der Waals surface area contributed by atoms with Gasteiger partial charge in [0, 0.05) is 25.5 Å². The molecule has 0 N–H and O–H groups in total. The third-order valence-corrected chi connectivity index (χ3v) is 3.78. The van der Waals surface area contributed by atoms with Crippen molar-refractivity contribution >= 4 is 12.2 Å². The van der Waals surface area contributed by atoms with Gasteiger partial charge in [0.1, 0.15) is 0 Å². The van der Waals surface area contributed by atoms with Crippen molar-refractivity contribution in [2.24, 2.45) is 0 Å². The lowest BCUT2D eigenvalue weighted by Crippen LogP contribution is -2.03. The molecular weight excluding hydrogens is 264 g/mol. The van der Waals surface area contributed by atoms with Crippen molar-refractivity contribution in [3.05, 3.63) is 89.0 Å². The molecule has 2 nitrogen and oxygen atoms in total. The molecule has 0 atom stereocenters. The van der Waals surface area contributed by atoms with Crippen molar-refractivity contribution < 1.29 is 0 Å². The molecule has 0 saturated carbocycles. The lowest BCUT2D eigenvalue weighted by Gasteiger charge is -2.05. The van der Waals surface area contributed by atoms with Crippen molar-refractivity contribution in [1.82, 2.24) is 9.13 Å². The van der Waals surface area contributed by atoms with Gasteiger partial charge in [-0.05, 0) is 23.3 Å². The van der Waals surface area contributed by atoms with Gasteiger partial charge >= 0.3 is 0 Å². The molecule has 0 radical (unpaired) electrons. The average molecular weight is 280 g/mol. The first-order valence-corrected chi connectivity index (χ1v) is 7.07. The van der Waals surface area contributed by atoms with E-state index in [9.17, 15) is 0 Å². The van der Waals surface area contributed by atoms with Crippen LogP contribution in [0.4, 0.5) is 0 Å². The van der Waals surface area contributed by atoms with Gasteiger partial charge in [-0.25, -0.2) is 0 Å². The molecule has 2 aromatic carbocycles. The minimum Gasteiger partial charge on any atom is -0.319 e. The second-order valence-corrected chi connectivity index (χ2v) is 5.17. The van der Waals surface area contributed by atoms with Crippen LogP contribution in [-0.4, -0.2) is 9.13 Å². The molecule has 3 heteroatoms. The summed E-state index contributed by atoms with van der Waals surface area (Å²) in [7, 11) is 0. The van der Waals surface area contributed by atoms with Crippen molar-refractivity contribution in [2.75, 3.05) is 0 Å². The predicted molar refractivity (Wildman–Crippen MR) is 84.3 cm³/mol. The summed E-state index contributed by atoms with van der Waals surface area (Å²) in [6.07, 6.45) is 4.11. The Kier molecular flexibility index (Phi) is 3.79. The Balaban J connectivity index is 1.81. The topological polar surface area (TPSA) is 9.86 Å². The van der Waals surface area contributed by atoms with Crippen molar-refractivity contribution in [1.29, 1.82) is 0 Å². The van der Waals surface area contributed by atoms with Crippen LogP contribution in [-0.2, 0) is 13.1 Å². The molecule has 1 heterocycles. The van der Waals surface area contributed by atoms with E-state index < -0.39 is 0 Å². The molecule has 0 amide bonds. The van der Waals surface area contributed by atoms with Crippen LogP contribution in [0.25, 0.3) is 0 Å². The van der Waals surface area contributed by atoms with Crippen molar-refractivity contribution in [3.8, 4) is 0 Å². The molecule has 100 valence electrons. The fraction of sp³-hybridized carbons (Fsp3) is 0.118. The number of hydrogen-bond donors (Lipinski definition) is 0. The first-order chi connectivity index (χ1) is 9.83. The average Bonchev–Trinajstić information content (AvgIpc) is 2.83. The highest BCUT2D eigenvalue weighted by Gasteiger charge is 2.01. The number of imidazole rings is 1. The van der Waals surface area contributed by atoms with Crippen LogP contribution in [0.5, 0.6) is 0 Å². The quantitative estimate of drug-likeness (QED) is 0.654. The number of nitrogens with zero attached hydrogens (tertiary/aromatic N) is 2. The maximum Gasteiger partial charge on any atom is 0.180 e. The highest BCUT2D eigenvalue weighted by atomic mass is 32.1. The molecule has 3 rings (SSSR count). The lowest BCUT2D eigenvalue weighted by atomic mass is 10.2. The van der Waals surface area contributed by atoms with Gasteiger partial charge in [0.05, 0.1) is 0 Å². The van der Waals surface area contributed by atoms with Gasteiger partial charge in [-0.2, -0.15) is 0 Å². The Morgan fingerprint density at radius 2 is 1.05 bits per heavy atom. The fourth-order valence-electron chi connectivity index (χ4n) is 2.25. The van der Waals surface area contributed by atoms with Crippen LogP contribution in [0, 0.1) is 4.77 Å². The Morgan fingerprint density at radius 1 is 0.650 bits per heavy atom. The summed E-state index contributed by atoms with van der Waals surface area (Å²) in [5.41, 5.74) is 2.53. The summed E-state index contributed by atoms with van der Waals surface area (Å²) >= 11 is 5.55. The van der Waals surface area contributed by atoms with Gasteiger partial charge in [0.25, 0.3) is 0 Å². The van der Waals surface area contributed by atoms with Crippen LogP contribution in [0.2, 0.25) is 0 Å². The van der Waals surface area contributed by atoms with Crippen LogP contribution >= 0.6 is 12.2 Å². The van der Waals surface area contributed by atoms with Gasteiger partial charge in [0.2, 0.25) is 0 Å². The first-order valence-electron chi connectivity index (χ1n) is 6.66. The van der Waals surface area contributed by atoms with E-state index >= 15 is 0 Å². The van der Waals surface area contributed by atoms with E-state index in [4.69, 9.17) is 12.2 Å². The molecule has 3 aromatic rings. The molecule has 0 fully saturated rings. The largest absolute Gasteiger partial charge is 0.319 e. The first kappa shape index (κ1) is 12.9. The smallest absolute Gasteiger partial charge is 0.180 e. The summed E-state index contributed by atoms with van der Waals surface area (Å²) < 4.78 is 5.07. The van der Waals surface area contributed by atoms with E-state index in [1.165, 1.54) is 11.1 Å². The normalized spacial score (nSPS) is 10.6. The SMILES string of the molecule is S=c1n(Cc2ccccc2)ccn1Cc1ccccc1. The van der Waals surface area contributed by atoms with E-state index in [1.807, 2.05) is 12.1 Å². The second kappa shape index (κ2) is 5.88. The molecule has 0 spiro atoms. The Morgan fingerprint density at radius 3 is 1.45 bits per heavy atom. The molecule has 1 aromatic heterocycles. The maximum atomic E-state index is 5.55. The van der Waals surface area contributed by atoms with Gasteiger partial charge in [-0.1, -0.05) is 60.7 Å². The van der Waals surface area contributed by atoms with Gasteiger partial charge < -0.3 is 9.13 Å². The highest BCUT2D eigenvalue weighted by Crippen LogP contribution is 2.08. The summed E-state index contributed by atoms with van der Waals surface area (Å²) in [5.74, 6) is 0. The molecule has 0 aliphatic heterocycles. The van der Waals surface area contributed by atoms with Crippen molar-refractivity contribution in [2.45, 2.75) is 13.1 Å². The van der Waals surface area contributed by atoms with E-state index in [0.717, 1.165) is 17.9 Å². The standard InChI is InChI=1S/C17H16N2S/c20-17-18(13-15-7-3-1-4-8-15)11-12-19(17)14-16-9-5-2-6-10-16/h1-12H,13-14H2. The molecule has 0 saturated heterocycles. The molecule has 0 aliphatic rings. The predicted octanol–water partition coefficient (Wildman–Crippen LogP) is 4.12. The minimum absolute atomic E-state index is 0.821. The Bertz CT molecular complexity index is 664. The van der Waals surface area contributed by atoms with Crippen molar-refractivity contribution in [3.63, 3.8) is 0 Å². The van der Waals surface area contributed by atoms with Crippen LogP contribution in [0.15, 0.2) is 73.1 Å². The number of rotatable bonds is 4. The van der Waals surface area contributed by atoms with Gasteiger partial charge in [-0.3, -0.25) is 0 Å². The zero-order chi connectivity index (χ0) is 13.8. The van der Waals surface area contributed by atoms with Gasteiger partial charge in [0.15, 0.2) is 4.77 Å². The number of benzene rings is 2. The van der Waals surface area contributed by atoms with Crippen LogP contribution < -0.4 is 0 Å². The molecule has 0 aliphatic carbocycles. The molecular formula is C17H16N2S. The summed E-state index contributed by atoms with van der Waals surface area (Å²) in [6, 6.07) is 20.8. The van der Waals surface area contributed by atoms with Crippen LogP contribution in [0.3, 0.4) is 0 Å². The molecule has 0 bridgehead atoms. The lowest BCUT2D eigenvalue weighted by molar-refractivity contribution is 0.713. The second-order valence-electron chi connectivity index (χ2n) is 4.81. The maximum absolute atomic E-state index is 5.55. The minimum atomic E-state index is 0.821. The van der Waals surface area contributed by atoms with Gasteiger partial charge in [-0.15, -0.1) is 0 Å². The van der Waals surface area contributed by atoms with E-state index in [0.29, 0.717) is 0 Å². The highest BCUT2D eigenvalue weighted by molar-refractivity contribution is 7.71. The molecule has 0 unspecified atom stereocenters. The Labute approximate surface area is 123 Å².